The van der Waals surface area contributed by atoms with Crippen LogP contribution in [-0.2, 0) is 17.5 Å². The van der Waals surface area contributed by atoms with Crippen LogP contribution in [0.4, 0.5) is 13.2 Å². The van der Waals surface area contributed by atoms with Gasteiger partial charge in [-0.05, 0) is 24.3 Å². The Bertz CT molecular complexity index is 607. The summed E-state index contributed by atoms with van der Waals surface area (Å²) in [6.07, 6.45) is -2.31. The first-order chi connectivity index (χ1) is 9.41. The van der Waals surface area contributed by atoms with Crippen LogP contribution in [0, 0.1) is 0 Å². The van der Waals surface area contributed by atoms with Gasteiger partial charge in [0, 0.05) is 18.3 Å². The topological polar surface area (TPSA) is 46.9 Å². The summed E-state index contributed by atoms with van der Waals surface area (Å²) in [6.45, 7) is 0.197. The molecule has 8 heteroatoms. The summed E-state index contributed by atoms with van der Waals surface area (Å²) >= 11 is 5.87. The first-order valence-corrected chi connectivity index (χ1v) is 5.88. The highest BCUT2D eigenvalue weighted by Crippen LogP contribution is 2.29. The van der Waals surface area contributed by atoms with Crippen LogP contribution >= 0.6 is 11.6 Å². The fraction of sp³-hybridized carbons (Fsp3) is 0.167. The summed E-state index contributed by atoms with van der Waals surface area (Å²) in [5, 5.41) is 6.58. The summed E-state index contributed by atoms with van der Waals surface area (Å²) < 4.78 is 38.7. The second-order valence-electron chi connectivity index (χ2n) is 3.93. The predicted octanol–water partition coefficient (Wildman–Crippen LogP) is 2.79. The summed E-state index contributed by atoms with van der Waals surface area (Å²) in [5.41, 5.74) is 0.276. The van der Waals surface area contributed by atoms with Crippen LogP contribution in [0.25, 0.3) is 5.69 Å². The maximum atomic E-state index is 12.4. The Morgan fingerprint density at radius 1 is 1.30 bits per heavy atom. The van der Waals surface area contributed by atoms with E-state index in [-0.39, 0.29) is 11.7 Å². The molecule has 0 saturated heterocycles. The highest BCUT2D eigenvalue weighted by atomic mass is 35.5. The molecule has 0 radical (unpaired) electrons. The van der Waals surface area contributed by atoms with E-state index in [0.717, 1.165) is 12.1 Å². The van der Waals surface area contributed by atoms with E-state index in [4.69, 9.17) is 11.6 Å². The van der Waals surface area contributed by atoms with Gasteiger partial charge < -0.3 is 5.32 Å². The zero-order valence-corrected chi connectivity index (χ0v) is 10.7. The van der Waals surface area contributed by atoms with Crippen molar-refractivity contribution in [3.8, 4) is 5.69 Å². The van der Waals surface area contributed by atoms with Gasteiger partial charge in [0.15, 0.2) is 5.15 Å². The van der Waals surface area contributed by atoms with Crippen LogP contribution < -0.4 is 5.32 Å². The molecule has 0 aliphatic heterocycles. The first kappa shape index (κ1) is 14.4. The molecule has 20 heavy (non-hydrogen) atoms. The average molecular weight is 304 g/mol. The number of hydrogen-bond donors (Lipinski definition) is 1. The lowest BCUT2D eigenvalue weighted by molar-refractivity contribution is -0.137. The zero-order chi connectivity index (χ0) is 14.8. The fourth-order valence-electron chi connectivity index (χ4n) is 1.59. The number of nitrogens with zero attached hydrogens (tertiary/aromatic N) is 2. The Morgan fingerprint density at radius 3 is 2.50 bits per heavy atom. The summed E-state index contributed by atoms with van der Waals surface area (Å²) in [7, 11) is 0. The van der Waals surface area contributed by atoms with Gasteiger partial charge in [-0.3, -0.25) is 4.79 Å². The van der Waals surface area contributed by atoms with Crippen LogP contribution in [0.5, 0.6) is 0 Å². The molecule has 106 valence electrons. The van der Waals surface area contributed by atoms with E-state index in [2.05, 4.69) is 10.4 Å². The van der Waals surface area contributed by atoms with Crippen LogP contribution in [0.15, 0.2) is 30.5 Å². The molecule has 0 unspecified atom stereocenters. The number of halogens is 4. The van der Waals surface area contributed by atoms with Crippen molar-refractivity contribution in [3.05, 3.63) is 46.7 Å². The molecule has 0 aliphatic carbocycles. The average Bonchev–Trinajstić information content (AvgIpc) is 2.77. The third kappa shape index (κ3) is 3.11. The number of alkyl halides is 3. The normalized spacial score (nSPS) is 11.4. The van der Waals surface area contributed by atoms with E-state index < -0.39 is 11.7 Å². The summed E-state index contributed by atoms with van der Waals surface area (Å²) in [5.74, 6) is 0. The first-order valence-electron chi connectivity index (χ1n) is 5.50. The van der Waals surface area contributed by atoms with Crippen LogP contribution in [0.2, 0.25) is 5.15 Å². The van der Waals surface area contributed by atoms with Gasteiger partial charge in [-0.2, -0.15) is 18.3 Å². The molecule has 1 aromatic heterocycles. The predicted molar refractivity (Wildman–Crippen MR) is 66.5 cm³/mol. The van der Waals surface area contributed by atoms with Crippen LogP contribution in [0.1, 0.15) is 11.1 Å². The molecule has 4 nitrogen and oxygen atoms in total. The molecular formula is C12H9ClF3N3O. The smallest absolute Gasteiger partial charge is 0.354 e. The number of benzene rings is 1. The van der Waals surface area contributed by atoms with E-state index in [0.29, 0.717) is 17.7 Å². The van der Waals surface area contributed by atoms with Crippen molar-refractivity contribution < 1.29 is 18.0 Å². The molecule has 0 saturated carbocycles. The molecular weight excluding hydrogens is 295 g/mol. The standard InChI is InChI=1S/C12H9ClF3N3O/c13-11-8(5-17-7-20)6-19(18-11)10-3-1-9(2-4-10)12(14,15)16/h1-4,6-7H,5H2,(H,17,20). The van der Waals surface area contributed by atoms with Gasteiger partial charge in [0.1, 0.15) is 0 Å². The van der Waals surface area contributed by atoms with Crippen molar-refractivity contribution in [1.82, 2.24) is 15.1 Å². The van der Waals surface area contributed by atoms with Gasteiger partial charge in [0.25, 0.3) is 0 Å². The number of carbonyl (C=O) groups is 1. The van der Waals surface area contributed by atoms with Crippen molar-refractivity contribution in [2.24, 2.45) is 0 Å². The molecule has 1 heterocycles. The Hall–Kier alpha value is -2.02. The lowest BCUT2D eigenvalue weighted by atomic mass is 10.2. The largest absolute Gasteiger partial charge is 0.416 e. The van der Waals surface area contributed by atoms with Crippen molar-refractivity contribution in [2.75, 3.05) is 0 Å². The molecule has 0 atom stereocenters. The third-order valence-corrected chi connectivity index (χ3v) is 2.89. The van der Waals surface area contributed by atoms with E-state index in [1.165, 1.54) is 16.8 Å². The van der Waals surface area contributed by atoms with Gasteiger partial charge in [-0.25, -0.2) is 4.68 Å². The van der Waals surface area contributed by atoms with Crippen molar-refractivity contribution >= 4 is 18.0 Å². The molecule has 2 aromatic rings. The Morgan fingerprint density at radius 2 is 1.95 bits per heavy atom. The molecule has 1 aromatic carbocycles. The van der Waals surface area contributed by atoms with Crippen molar-refractivity contribution in [3.63, 3.8) is 0 Å². The highest BCUT2D eigenvalue weighted by Gasteiger charge is 2.30. The van der Waals surface area contributed by atoms with Crippen LogP contribution in [-0.4, -0.2) is 16.2 Å². The Labute approximate surface area is 117 Å². The van der Waals surface area contributed by atoms with Gasteiger partial charge in [-0.1, -0.05) is 11.6 Å². The molecule has 0 aliphatic rings. The summed E-state index contributed by atoms with van der Waals surface area (Å²) in [6, 6.07) is 4.52. The van der Waals surface area contributed by atoms with E-state index in [9.17, 15) is 18.0 Å². The lowest BCUT2D eigenvalue weighted by Gasteiger charge is -2.07. The summed E-state index contributed by atoms with van der Waals surface area (Å²) in [4.78, 5) is 10.2. The maximum absolute atomic E-state index is 12.4. The minimum absolute atomic E-state index is 0.180. The number of nitrogens with one attached hydrogen (secondary N) is 1. The maximum Gasteiger partial charge on any atom is 0.416 e. The number of carbonyl (C=O) groups excluding carboxylic acids is 1. The van der Waals surface area contributed by atoms with Gasteiger partial charge in [0.05, 0.1) is 11.3 Å². The second kappa shape index (κ2) is 5.54. The van der Waals surface area contributed by atoms with Crippen molar-refractivity contribution in [2.45, 2.75) is 12.7 Å². The minimum Gasteiger partial charge on any atom is -0.354 e. The molecule has 0 fully saturated rings. The number of amides is 1. The molecule has 0 spiro atoms. The monoisotopic (exact) mass is 303 g/mol. The van der Waals surface area contributed by atoms with Crippen molar-refractivity contribution in [1.29, 1.82) is 0 Å². The van der Waals surface area contributed by atoms with Gasteiger partial charge in [-0.15, -0.1) is 0 Å². The quantitative estimate of drug-likeness (QED) is 0.883. The molecule has 1 N–H and O–H groups in total. The zero-order valence-electron chi connectivity index (χ0n) is 9.99. The SMILES string of the molecule is O=CNCc1cn(-c2ccc(C(F)(F)F)cc2)nc1Cl. The minimum atomic E-state index is -4.38. The van der Waals surface area contributed by atoms with Gasteiger partial charge >= 0.3 is 6.18 Å². The molecule has 1 amide bonds. The van der Waals surface area contributed by atoms with Crippen LogP contribution in [0.3, 0.4) is 0 Å². The molecule has 2 rings (SSSR count). The second-order valence-corrected chi connectivity index (χ2v) is 4.29. The van der Waals surface area contributed by atoms with E-state index in [1.807, 2.05) is 0 Å². The number of rotatable bonds is 4. The number of hydrogen-bond acceptors (Lipinski definition) is 2. The highest BCUT2D eigenvalue weighted by molar-refractivity contribution is 6.30. The Balaban J connectivity index is 2.26. The fourth-order valence-corrected chi connectivity index (χ4v) is 1.79. The molecule has 0 bridgehead atoms. The van der Waals surface area contributed by atoms with Gasteiger partial charge in [0.2, 0.25) is 6.41 Å². The Kier molecular flexibility index (Phi) is 3.99. The van der Waals surface area contributed by atoms with E-state index >= 15 is 0 Å². The number of aromatic nitrogens is 2. The van der Waals surface area contributed by atoms with E-state index in [1.54, 1.807) is 6.20 Å². The third-order valence-electron chi connectivity index (χ3n) is 2.57. The lowest BCUT2D eigenvalue weighted by Crippen LogP contribution is -2.09.